The average Bonchev–Trinajstić information content (AvgIpc) is 2.10. The molecular weight excluding hydrogens is 223 g/mol. The molecule has 0 aliphatic rings. The molecule has 0 aliphatic heterocycles. The number of carbonyl (C=O) groups is 1. The molecule has 0 saturated carbocycles. The average molecular weight is 241 g/mol. The third-order valence-corrected chi connectivity index (χ3v) is 2.55. The van der Waals surface area contributed by atoms with E-state index in [0.29, 0.717) is 6.42 Å². The highest BCUT2D eigenvalue weighted by atomic mass is 31.2. The Labute approximate surface area is 89.5 Å². The fraction of sp³-hybridized carbons (Fsp3) is 0.875. The van der Waals surface area contributed by atoms with Crippen LogP contribution in [-0.4, -0.2) is 33.9 Å². The van der Waals surface area contributed by atoms with Crippen molar-refractivity contribution < 1.29 is 28.7 Å². The predicted molar refractivity (Wildman–Crippen MR) is 54.6 cm³/mol. The van der Waals surface area contributed by atoms with Gasteiger partial charge in [0.25, 0.3) is 0 Å². The molecule has 0 saturated heterocycles. The highest BCUT2D eigenvalue weighted by Gasteiger charge is 2.33. The quantitative estimate of drug-likeness (QED) is 0.358. The van der Waals surface area contributed by atoms with Gasteiger partial charge in [0.1, 0.15) is 13.2 Å². The van der Waals surface area contributed by atoms with Crippen molar-refractivity contribution >= 4 is 14.1 Å². The lowest BCUT2D eigenvalue weighted by Crippen LogP contribution is -2.27. The van der Waals surface area contributed by atoms with E-state index in [1.165, 1.54) is 0 Å². The summed E-state index contributed by atoms with van der Waals surface area (Å²) < 4.78 is 9.04. The first-order chi connectivity index (χ1) is 6.69. The largest absolute Gasteiger partial charge is 0.567 e. The fourth-order valence-electron chi connectivity index (χ4n) is 0.634. The molecule has 0 fully saturated rings. The van der Waals surface area contributed by atoms with Gasteiger partial charge in [-0.05, 0) is 20.3 Å². The van der Waals surface area contributed by atoms with Crippen molar-refractivity contribution in [1.29, 1.82) is 0 Å². The lowest BCUT2D eigenvalue weighted by molar-refractivity contribution is -0.155. The molecule has 0 aliphatic carbocycles. The van der Waals surface area contributed by atoms with Gasteiger partial charge in [-0.2, -0.15) is 14.7 Å². The number of esters is 1. The van der Waals surface area contributed by atoms with Gasteiger partial charge in [-0.3, -0.25) is 4.79 Å². The van der Waals surface area contributed by atoms with E-state index >= 15 is 0 Å². The molecule has 0 aromatic heterocycles. The van der Waals surface area contributed by atoms with Gasteiger partial charge >= 0.3 is 14.1 Å². The number of hydrogen-bond acceptors (Lipinski definition) is 6. The van der Waals surface area contributed by atoms with Crippen molar-refractivity contribution in [1.82, 2.24) is 0 Å². The van der Waals surface area contributed by atoms with Crippen molar-refractivity contribution in [3.8, 4) is 0 Å². The van der Waals surface area contributed by atoms with Crippen LogP contribution in [0.25, 0.3) is 0 Å². The van der Waals surface area contributed by atoms with E-state index in [1.807, 2.05) is 6.92 Å². The number of ether oxygens (including phenoxy) is 1. The molecule has 0 heterocycles. The Bertz CT molecular complexity index is 210. The number of carbonyl (C=O) groups excluding carboxylic acids is 1. The van der Waals surface area contributed by atoms with Gasteiger partial charge in [0, 0.05) is 0 Å². The Morgan fingerprint density at radius 1 is 1.27 bits per heavy atom. The van der Waals surface area contributed by atoms with Crippen molar-refractivity contribution in [2.45, 2.75) is 27.2 Å². The van der Waals surface area contributed by atoms with E-state index in [2.05, 4.69) is 4.52 Å². The van der Waals surface area contributed by atoms with E-state index in [0.717, 1.165) is 0 Å². The number of rotatable bonds is 6. The van der Waals surface area contributed by atoms with Crippen LogP contribution < -0.4 is 0 Å². The summed E-state index contributed by atoms with van der Waals surface area (Å²) in [5.74, 6) is -0.383. The molecule has 90 valence electrons. The molecule has 0 atom stereocenters. The van der Waals surface area contributed by atoms with Crippen LogP contribution in [0.3, 0.4) is 0 Å². The zero-order valence-corrected chi connectivity index (χ0v) is 10.0. The van der Waals surface area contributed by atoms with Crippen molar-refractivity contribution in [2.75, 3.05) is 13.2 Å². The smallest absolute Gasteiger partial charge is 0.463 e. The van der Waals surface area contributed by atoms with Crippen molar-refractivity contribution in [3.63, 3.8) is 0 Å². The Balaban J connectivity index is 3.74. The Morgan fingerprint density at radius 2 is 1.80 bits per heavy atom. The van der Waals surface area contributed by atoms with Gasteiger partial charge in [-0.15, -0.1) is 4.52 Å². The monoisotopic (exact) mass is 241 g/mol. The van der Waals surface area contributed by atoms with E-state index in [4.69, 9.17) is 19.4 Å². The summed E-state index contributed by atoms with van der Waals surface area (Å²) in [5, 5.41) is 0. The maximum absolute atomic E-state index is 11.4. The topological polar surface area (TPSA) is 96.2 Å². The van der Waals surface area contributed by atoms with Crippen LogP contribution in [0.1, 0.15) is 27.2 Å². The molecule has 0 bridgehead atoms. The standard InChI is InChI=1S/C8H18O6P/c1-4-8(2,3)7(9)13-5-6-14-15(10,11)12/h10-12H,4-6H2,1-3H3/q+1. The molecule has 0 aromatic carbocycles. The molecule has 3 N–H and O–H groups in total. The first-order valence-corrected chi connectivity index (χ1v) is 6.14. The van der Waals surface area contributed by atoms with Gasteiger partial charge < -0.3 is 4.74 Å². The Morgan fingerprint density at radius 3 is 2.20 bits per heavy atom. The fourth-order valence-corrected chi connectivity index (χ4v) is 0.953. The second-order valence-corrected chi connectivity index (χ2v) is 5.00. The minimum atomic E-state index is -4.21. The van der Waals surface area contributed by atoms with Gasteiger partial charge in [-0.1, -0.05) is 6.92 Å². The van der Waals surface area contributed by atoms with Crippen LogP contribution in [-0.2, 0) is 14.1 Å². The van der Waals surface area contributed by atoms with Crippen LogP contribution in [0.15, 0.2) is 0 Å². The van der Waals surface area contributed by atoms with E-state index < -0.39 is 13.6 Å². The minimum Gasteiger partial charge on any atom is -0.463 e. The van der Waals surface area contributed by atoms with E-state index in [1.54, 1.807) is 13.8 Å². The Hall–Kier alpha value is -0.260. The van der Waals surface area contributed by atoms with Gasteiger partial charge in [0.2, 0.25) is 0 Å². The van der Waals surface area contributed by atoms with Crippen molar-refractivity contribution in [2.24, 2.45) is 5.41 Å². The highest BCUT2D eigenvalue weighted by molar-refractivity contribution is 7.53. The normalized spacial score (nSPS) is 12.7. The molecule has 0 aromatic rings. The molecule has 0 spiro atoms. The molecule has 0 unspecified atom stereocenters. The summed E-state index contributed by atoms with van der Waals surface area (Å²) in [6.07, 6.45) is 0.642. The summed E-state index contributed by atoms with van der Waals surface area (Å²) in [5.41, 5.74) is -0.566. The minimum absolute atomic E-state index is 0.119. The first-order valence-electron chi connectivity index (χ1n) is 4.58. The summed E-state index contributed by atoms with van der Waals surface area (Å²) in [6.45, 7) is 4.99. The highest BCUT2D eigenvalue weighted by Crippen LogP contribution is 2.45. The number of hydrogen-bond donors (Lipinski definition) is 3. The molecule has 0 radical (unpaired) electrons. The lowest BCUT2D eigenvalue weighted by Gasteiger charge is -2.19. The van der Waals surface area contributed by atoms with Gasteiger partial charge in [-0.25, -0.2) is 0 Å². The molecule has 6 nitrogen and oxygen atoms in total. The first kappa shape index (κ1) is 14.7. The lowest BCUT2D eigenvalue weighted by atomic mass is 9.91. The van der Waals surface area contributed by atoms with Gasteiger partial charge in [0.05, 0.1) is 5.41 Å². The molecule has 0 rings (SSSR count). The maximum Gasteiger partial charge on any atom is 0.567 e. The van der Waals surface area contributed by atoms with Crippen molar-refractivity contribution in [3.05, 3.63) is 0 Å². The van der Waals surface area contributed by atoms with Crippen LogP contribution in [0.5, 0.6) is 0 Å². The van der Waals surface area contributed by atoms with Gasteiger partial charge in [0.15, 0.2) is 0 Å². The molecule has 0 amide bonds. The van der Waals surface area contributed by atoms with Crippen LogP contribution in [0, 0.1) is 5.41 Å². The SMILES string of the molecule is CCC(C)(C)C(=O)OCCO[P+](O)(O)O. The summed E-state index contributed by atoms with van der Waals surface area (Å²) in [7, 11) is -4.21. The summed E-state index contributed by atoms with van der Waals surface area (Å²) in [6, 6.07) is 0. The third kappa shape index (κ3) is 6.76. The van der Waals surface area contributed by atoms with Crippen LogP contribution >= 0.6 is 8.17 Å². The van der Waals surface area contributed by atoms with E-state index in [-0.39, 0.29) is 19.2 Å². The Kier molecular flexibility index (Phi) is 5.62. The van der Waals surface area contributed by atoms with Crippen LogP contribution in [0.2, 0.25) is 0 Å². The maximum atomic E-state index is 11.4. The summed E-state index contributed by atoms with van der Waals surface area (Å²) >= 11 is 0. The zero-order valence-electron chi connectivity index (χ0n) is 9.13. The zero-order chi connectivity index (χ0) is 12.1. The third-order valence-electron chi connectivity index (χ3n) is 2.02. The summed E-state index contributed by atoms with van der Waals surface area (Å²) in [4.78, 5) is 36.7. The second kappa shape index (κ2) is 5.72. The molecular formula is C8H18O6P+. The second-order valence-electron chi connectivity index (χ2n) is 3.72. The predicted octanol–water partition coefficient (Wildman–Crippen LogP) is 0.637. The molecule has 15 heavy (non-hydrogen) atoms. The van der Waals surface area contributed by atoms with Crippen LogP contribution in [0.4, 0.5) is 0 Å². The van der Waals surface area contributed by atoms with E-state index in [9.17, 15) is 4.79 Å². The molecule has 7 heteroatoms.